The maximum Gasteiger partial charge on any atom is 0.256 e. The Morgan fingerprint density at radius 1 is 0.511 bits per heavy atom. The molecule has 0 aromatic carbocycles. The Kier molecular flexibility index (Phi) is 37.2. The lowest BCUT2D eigenvalue weighted by molar-refractivity contribution is -0.157. The number of aliphatic hydroxyl groups is 1. The molecule has 0 radical (unpaired) electrons. The lowest BCUT2D eigenvalue weighted by Crippen LogP contribution is -2.64. The molecule has 1 heterocycles. The minimum Gasteiger partial charge on any atom is -0.390 e. The summed E-state index contributed by atoms with van der Waals surface area (Å²) < 4.78 is 6.07. The van der Waals surface area contributed by atoms with E-state index in [0.29, 0.717) is 25.1 Å². The Bertz CT molecular complexity index is 2530. The van der Waals surface area contributed by atoms with Crippen LogP contribution in [0.2, 0.25) is 0 Å². The van der Waals surface area contributed by atoms with E-state index in [9.17, 15) is 29.1 Å². The van der Waals surface area contributed by atoms with Crippen LogP contribution in [-0.4, -0.2) is 270 Å². The fraction of sp³-hybridized carbons (Fsp3) is 0.809. The van der Waals surface area contributed by atoms with Crippen molar-refractivity contribution < 1.29 is 62.6 Å². The smallest absolute Gasteiger partial charge is 0.256 e. The highest BCUT2D eigenvalue weighted by Crippen LogP contribution is 2.27. The standard InChI is InChI=1S/C68H124N12O13S/c1-27-29-31-45(15)56(81)55-60(85)71-48(28-2)62(87)80(26)68(94-33-30-32-73(18)19)67(92)77(23)52(38-93-37-42(9)10)59(84)72-53(43(11)12)65(90)74(20)49(34-39(3)4)58(83)69-46(16)57(82)70-47(17)61(86)75(21)50(35-40(5)6)63(88)76(22)51(36-41(7)8)64(89)78(24)54(44(13)14)66(91)79(55)25/h27,29,39-56,68,81H,28,30-38H2,1-26H3,(H,69,83)(H,70,82)(H,71,85)(H,72,84)/b29-27+/t45-,46+,47-,48+,49+,50+,51+,52+,53+,54+,55+,56-,68-/m1/s1. The average Bonchev–Trinajstić information content (AvgIpc) is 0.809. The second-order valence-electron chi connectivity index (χ2n) is 28.5. The van der Waals surface area contributed by atoms with Gasteiger partial charge in [0.1, 0.15) is 60.4 Å². The number of ether oxygens (including phenoxy) is 1. The Labute approximate surface area is 568 Å². The topological polar surface area (TPSA) is 291 Å². The van der Waals surface area contributed by atoms with Gasteiger partial charge >= 0.3 is 0 Å². The van der Waals surface area contributed by atoms with Crippen LogP contribution in [0.15, 0.2) is 12.2 Å². The predicted octanol–water partition coefficient (Wildman–Crippen LogP) is 3.91. The first-order valence-corrected chi connectivity index (χ1v) is 34.8. The van der Waals surface area contributed by atoms with Crippen LogP contribution in [0.3, 0.4) is 0 Å². The number of carbonyl (C=O) groups is 11. The SMILES string of the molecule is C/C=C/C[C@@H](C)[C@@H](O)[C@H]1C(=O)N[C@@H](CC)C(=O)N(C)[C@H](SCCCN(C)C)C(=O)N(C)[C@@H](COCC(C)C)C(=O)N[C@@H](C(C)C)C(=O)N(C)[C@@H](CC(C)C)C(=O)N[C@@H](C)C(=O)N[C@H](C)C(=O)N(C)[C@@H](CC(C)C)C(=O)N(C)[C@@H](CC(C)C)C(=O)N(C)[C@@H](C(C)C)C(=O)N1C. The van der Waals surface area contributed by atoms with E-state index >= 15 is 28.8 Å². The number of carbonyl (C=O) groups excluding carboxylic acids is 11. The van der Waals surface area contributed by atoms with Crippen molar-refractivity contribution in [2.75, 3.05) is 88.9 Å². The predicted molar refractivity (Wildman–Crippen MR) is 369 cm³/mol. The summed E-state index contributed by atoms with van der Waals surface area (Å²) in [6.07, 6.45) is 3.36. The molecule has 0 aromatic rings. The molecule has 13 atom stereocenters. The molecule has 0 spiro atoms. The number of nitrogens with zero attached hydrogens (tertiary/aromatic N) is 8. The molecule has 11 amide bonds. The van der Waals surface area contributed by atoms with Gasteiger partial charge in [0.2, 0.25) is 59.1 Å². The Morgan fingerprint density at radius 2 is 0.979 bits per heavy atom. The summed E-state index contributed by atoms with van der Waals surface area (Å²) in [5.41, 5.74) is 0. The zero-order valence-corrected chi connectivity index (χ0v) is 62.8. The summed E-state index contributed by atoms with van der Waals surface area (Å²) in [5.74, 6) is -9.61. The number of rotatable bonds is 22. The van der Waals surface area contributed by atoms with Gasteiger partial charge in [0, 0.05) is 55.9 Å². The third kappa shape index (κ3) is 25.3. The van der Waals surface area contributed by atoms with E-state index in [1.54, 1.807) is 54.5 Å². The van der Waals surface area contributed by atoms with Crippen LogP contribution in [0.4, 0.5) is 0 Å². The third-order valence-corrected chi connectivity index (χ3v) is 18.6. The van der Waals surface area contributed by atoms with Crippen molar-refractivity contribution in [2.45, 2.75) is 228 Å². The number of hydrogen-bond donors (Lipinski definition) is 5. The maximum atomic E-state index is 15.4. The summed E-state index contributed by atoms with van der Waals surface area (Å²) in [4.78, 5) is 175. The maximum absolute atomic E-state index is 15.4. The van der Waals surface area contributed by atoms with Gasteiger partial charge in [-0.15, -0.1) is 11.8 Å². The van der Waals surface area contributed by atoms with E-state index in [4.69, 9.17) is 4.74 Å². The number of allylic oxidation sites excluding steroid dienone is 2. The molecule has 26 heteroatoms. The van der Waals surface area contributed by atoms with E-state index in [1.807, 2.05) is 80.5 Å². The molecule has 1 fully saturated rings. The van der Waals surface area contributed by atoms with Gasteiger partial charge in [0.15, 0.2) is 5.37 Å². The number of thioether (sulfide) groups is 1. The van der Waals surface area contributed by atoms with Gasteiger partial charge in [-0.1, -0.05) is 109 Å². The zero-order valence-electron chi connectivity index (χ0n) is 62.0. The largest absolute Gasteiger partial charge is 0.390 e. The highest BCUT2D eigenvalue weighted by atomic mass is 32.2. The third-order valence-electron chi connectivity index (χ3n) is 17.3. The first-order chi connectivity index (χ1) is 43.5. The van der Waals surface area contributed by atoms with Crippen molar-refractivity contribution in [1.29, 1.82) is 0 Å². The van der Waals surface area contributed by atoms with Gasteiger partial charge in [-0.25, -0.2) is 0 Å². The highest BCUT2D eigenvalue weighted by Gasteiger charge is 2.46. The highest BCUT2D eigenvalue weighted by molar-refractivity contribution is 8.00. The Balaban J connectivity index is 4.56. The van der Waals surface area contributed by atoms with Gasteiger partial charge < -0.3 is 70.3 Å². The fourth-order valence-electron chi connectivity index (χ4n) is 11.4. The summed E-state index contributed by atoms with van der Waals surface area (Å²) in [7, 11) is 13.8. The van der Waals surface area contributed by atoms with Crippen LogP contribution in [0.25, 0.3) is 0 Å². The first-order valence-electron chi connectivity index (χ1n) is 33.8. The van der Waals surface area contributed by atoms with Crippen molar-refractivity contribution in [2.24, 2.45) is 41.4 Å². The summed E-state index contributed by atoms with van der Waals surface area (Å²) in [5, 5.41) is 22.1. The van der Waals surface area contributed by atoms with E-state index in [-0.39, 0.29) is 62.6 Å². The molecule has 540 valence electrons. The van der Waals surface area contributed by atoms with Crippen molar-refractivity contribution in [1.82, 2.24) is 60.5 Å². The monoisotopic (exact) mass is 1350 g/mol. The second-order valence-corrected chi connectivity index (χ2v) is 29.7. The van der Waals surface area contributed by atoms with Crippen LogP contribution in [0.5, 0.6) is 0 Å². The summed E-state index contributed by atoms with van der Waals surface area (Å²) >= 11 is 1.15. The quantitative estimate of drug-likeness (QED) is 0.0759. The van der Waals surface area contributed by atoms with E-state index < -0.39 is 155 Å². The van der Waals surface area contributed by atoms with Crippen molar-refractivity contribution >= 4 is 76.7 Å². The van der Waals surface area contributed by atoms with Crippen molar-refractivity contribution in [3.8, 4) is 0 Å². The van der Waals surface area contributed by atoms with Crippen LogP contribution in [0.1, 0.15) is 156 Å². The van der Waals surface area contributed by atoms with Gasteiger partial charge in [-0.05, 0) is 127 Å². The molecule has 1 rings (SSSR count). The van der Waals surface area contributed by atoms with E-state index in [1.165, 1.54) is 92.6 Å². The van der Waals surface area contributed by atoms with E-state index in [0.717, 1.165) is 16.7 Å². The Morgan fingerprint density at radius 3 is 1.46 bits per heavy atom. The van der Waals surface area contributed by atoms with Crippen molar-refractivity contribution in [3.63, 3.8) is 0 Å². The lowest BCUT2D eigenvalue weighted by atomic mass is 9.91. The van der Waals surface area contributed by atoms with Crippen LogP contribution in [0, 0.1) is 41.4 Å². The number of aliphatic hydroxyl groups excluding tert-OH is 1. The number of hydrogen-bond acceptors (Lipinski definition) is 15. The van der Waals surface area contributed by atoms with Gasteiger partial charge in [0.05, 0.1) is 12.7 Å². The molecule has 0 aromatic heterocycles. The molecule has 0 bridgehead atoms. The summed E-state index contributed by atoms with van der Waals surface area (Å²) in [6, 6.07) is -12.9. The normalized spacial score (nSPS) is 26.3. The van der Waals surface area contributed by atoms with Gasteiger partial charge in [-0.3, -0.25) is 52.7 Å². The molecule has 25 nitrogen and oxygen atoms in total. The molecule has 94 heavy (non-hydrogen) atoms. The number of amides is 11. The molecule has 0 saturated carbocycles. The molecule has 5 N–H and O–H groups in total. The van der Waals surface area contributed by atoms with Crippen LogP contribution < -0.4 is 21.3 Å². The minimum absolute atomic E-state index is 0.0111. The van der Waals surface area contributed by atoms with Crippen LogP contribution >= 0.6 is 11.8 Å². The average molecular weight is 1350 g/mol. The van der Waals surface area contributed by atoms with Crippen molar-refractivity contribution in [3.05, 3.63) is 12.2 Å². The molecule has 1 aliphatic heterocycles. The van der Waals surface area contributed by atoms with Crippen LogP contribution in [-0.2, 0) is 57.5 Å². The first kappa shape index (κ1) is 86.2. The molecule has 0 unspecified atom stereocenters. The van der Waals surface area contributed by atoms with E-state index in [2.05, 4.69) is 21.3 Å². The second kappa shape index (κ2) is 40.6. The molecular weight excluding hydrogens is 1220 g/mol. The molecular formula is C68H124N12O13S. The zero-order chi connectivity index (χ0) is 72.7. The number of likely N-dealkylation sites (N-methyl/N-ethyl adjacent to an activating group) is 7. The fourth-order valence-corrected chi connectivity index (χ4v) is 12.5. The molecule has 1 aliphatic rings. The number of nitrogens with one attached hydrogen (secondary N) is 4. The summed E-state index contributed by atoms with van der Waals surface area (Å²) in [6.45, 7) is 30.5. The molecule has 1 saturated heterocycles. The minimum atomic E-state index is -1.65. The van der Waals surface area contributed by atoms with Gasteiger partial charge in [-0.2, -0.15) is 0 Å². The molecule has 0 aliphatic carbocycles. The lowest BCUT2D eigenvalue weighted by Gasteiger charge is -2.41. The Hall–Kier alpha value is -5.86. The van der Waals surface area contributed by atoms with Gasteiger partial charge in [0.25, 0.3) is 5.91 Å².